The van der Waals surface area contributed by atoms with Crippen LogP contribution in [-0.2, 0) is 17.9 Å². The van der Waals surface area contributed by atoms with Gasteiger partial charge in [-0.2, -0.15) is 0 Å². The Morgan fingerprint density at radius 3 is 2.36 bits per heavy atom. The molecule has 0 saturated carbocycles. The maximum Gasteiger partial charge on any atom is 0.327 e. The molecule has 146 valence electrons. The molecule has 0 aromatic heterocycles. The van der Waals surface area contributed by atoms with Gasteiger partial charge in [-0.3, -0.25) is 9.69 Å². The summed E-state index contributed by atoms with van der Waals surface area (Å²) in [5, 5.41) is 3.96. The number of imide groups is 1. The van der Waals surface area contributed by atoms with Crippen molar-refractivity contribution in [2.75, 3.05) is 6.54 Å². The second-order valence-corrected chi connectivity index (χ2v) is 8.58. The third kappa shape index (κ3) is 3.95. The number of fused-ring (bicyclic) bond motifs is 1. The van der Waals surface area contributed by atoms with Crippen molar-refractivity contribution >= 4 is 39.5 Å². The van der Waals surface area contributed by atoms with E-state index >= 15 is 0 Å². The van der Waals surface area contributed by atoms with Gasteiger partial charge in [0.15, 0.2) is 0 Å². The molecular formula is C21H21BrClN3O2. The molecule has 2 aromatic carbocycles. The summed E-state index contributed by atoms with van der Waals surface area (Å²) in [6, 6.07) is 14.5. The quantitative estimate of drug-likeness (QED) is 0.741. The maximum absolute atomic E-state index is 13.3. The SMILES string of the molecule is O=C1C2NCCCC2N(Cc2ccc(Br)cc2)C(=O)N1Cc1ccc(Cl)cc1. The normalized spacial score (nSPS) is 22.4. The van der Waals surface area contributed by atoms with Crippen molar-refractivity contribution in [3.05, 3.63) is 69.2 Å². The van der Waals surface area contributed by atoms with E-state index in [0.717, 1.165) is 35.0 Å². The molecule has 0 spiro atoms. The number of halogens is 2. The monoisotopic (exact) mass is 461 g/mol. The lowest BCUT2D eigenvalue weighted by molar-refractivity contribution is -0.137. The summed E-state index contributed by atoms with van der Waals surface area (Å²) in [4.78, 5) is 29.6. The average molecular weight is 463 g/mol. The minimum Gasteiger partial charge on any atom is -0.315 e. The molecule has 5 nitrogen and oxygen atoms in total. The van der Waals surface area contributed by atoms with E-state index in [-0.39, 0.29) is 30.6 Å². The smallest absolute Gasteiger partial charge is 0.315 e. The van der Waals surface area contributed by atoms with Crippen molar-refractivity contribution in [1.29, 1.82) is 0 Å². The number of nitrogens with one attached hydrogen (secondary N) is 1. The van der Waals surface area contributed by atoms with Crippen LogP contribution in [0.1, 0.15) is 24.0 Å². The zero-order valence-electron chi connectivity index (χ0n) is 15.3. The number of hydrogen-bond acceptors (Lipinski definition) is 3. The lowest BCUT2D eigenvalue weighted by Crippen LogP contribution is -2.68. The van der Waals surface area contributed by atoms with Crippen LogP contribution in [0.4, 0.5) is 4.79 Å². The van der Waals surface area contributed by atoms with Gasteiger partial charge in [0, 0.05) is 16.0 Å². The van der Waals surface area contributed by atoms with E-state index in [4.69, 9.17) is 11.6 Å². The summed E-state index contributed by atoms with van der Waals surface area (Å²) in [5.74, 6) is -0.142. The van der Waals surface area contributed by atoms with Gasteiger partial charge in [0.05, 0.1) is 12.6 Å². The Hall–Kier alpha value is -1.89. The molecule has 2 unspecified atom stereocenters. The predicted molar refractivity (Wildman–Crippen MR) is 112 cm³/mol. The lowest BCUT2D eigenvalue weighted by atomic mass is 9.93. The third-order valence-electron chi connectivity index (χ3n) is 5.35. The second kappa shape index (κ2) is 8.23. The molecule has 0 aliphatic carbocycles. The van der Waals surface area contributed by atoms with Crippen LogP contribution in [0.2, 0.25) is 5.02 Å². The molecule has 4 rings (SSSR count). The minimum absolute atomic E-state index is 0.112. The zero-order valence-corrected chi connectivity index (χ0v) is 17.6. The van der Waals surface area contributed by atoms with Crippen LogP contribution in [0.15, 0.2) is 53.0 Å². The van der Waals surface area contributed by atoms with E-state index in [2.05, 4.69) is 21.2 Å². The maximum atomic E-state index is 13.3. The Labute approximate surface area is 177 Å². The van der Waals surface area contributed by atoms with Crippen molar-refractivity contribution in [3.63, 3.8) is 0 Å². The Morgan fingerprint density at radius 2 is 1.64 bits per heavy atom. The highest BCUT2D eigenvalue weighted by molar-refractivity contribution is 9.10. The number of hydrogen-bond donors (Lipinski definition) is 1. The van der Waals surface area contributed by atoms with Crippen LogP contribution in [0.3, 0.4) is 0 Å². The van der Waals surface area contributed by atoms with E-state index in [9.17, 15) is 9.59 Å². The molecule has 2 saturated heterocycles. The average Bonchev–Trinajstić information content (AvgIpc) is 2.71. The Morgan fingerprint density at radius 1 is 1.00 bits per heavy atom. The molecule has 0 bridgehead atoms. The van der Waals surface area contributed by atoms with Gasteiger partial charge in [0.2, 0.25) is 5.91 Å². The molecule has 0 radical (unpaired) electrons. The summed E-state index contributed by atoms with van der Waals surface area (Å²) >= 11 is 9.40. The van der Waals surface area contributed by atoms with Crippen molar-refractivity contribution < 1.29 is 9.59 Å². The summed E-state index contributed by atoms with van der Waals surface area (Å²) in [6.07, 6.45) is 1.79. The molecule has 2 heterocycles. The number of carbonyl (C=O) groups is 2. The molecular weight excluding hydrogens is 442 g/mol. The number of piperidine rings is 1. The Kier molecular flexibility index (Phi) is 5.71. The van der Waals surface area contributed by atoms with Gasteiger partial charge in [0.1, 0.15) is 6.04 Å². The van der Waals surface area contributed by atoms with E-state index in [1.54, 1.807) is 12.1 Å². The van der Waals surface area contributed by atoms with Gasteiger partial charge in [0.25, 0.3) is 0 Å². The van der Waals surface area contributed by atoms with Gasteiger partial charge in [-0.1, -0.05) is 51.8 Å². The summed E-state index contributed by atoms with van der Waals surface area (Å²) in [6.45, 7) is 1.53. The topological polar surface area (TPSA) is 52.7 Å². The summed E-state index contributed by atoms with van der Waals surface area (Å²) in [5.41, 5.74) is 1.92. The molecule has 2 aromatic rings. The third-order valence-corrected chi connectivity index (χ3v) is 6.14. The van der Waals surface area contributed by atoms with Crippen LogP contribution in [0.5, 0.6) is 0 Å². The molecule has 3 amide bonds. The zero-order chi connectivity index (χ0) is 19.7. The molecule has 1 N–H and O–H groups in total. The second-order valence-electron chi connectivity index (χ2n) is 7.23. The molecule has 2 aliphatic rings. The van der Waals surface area contributed by atoms with Crippen LogP contribution < -0.4 is 5.32 Å². The largest absolute Gasteiger partial charge is 0.327 e. The highest BCUT2D eigenvalue weighted by Crippen LogP contribution is 2.28. The Balaban J connectivity index is 1.61. The summed E-state index contributed by atoms with van der Waals surface area (Å²) < 4.78 is 0.998. The standard InChI is InChI=1S/C21H21BrClN3O2/c22-16-7-3-14(4-8-16)12-25-18-2-1-11-24-19(18)20(27)26(21(25)28)13-15-5-9-17(23)10-6-15/h3-10,18-19,24H,1-2,11-13H2. The van der Waals surface area contributed by atoms with Crippen LogP contribution >= 0.6 is 27.5 Å². The van der Waals surface area contributed by atoms with Gasteiger partial charge in [-0.15, -0.1) is 0 Å². The highest BCUT2D eigenvalue weighted by atomic mass is 79.9. The van der Waals surface area contributed by atoms with Crippen molar-refractivity contribution in [2.24, 2.45) is 0 Å². The first-order valence-corrected chi connectivity index (χ1v) is 10.5. The Bertz CT molecular complexity index is 872. The molecule has 2 fully saturated rings. The first kappa shape index (κ1) is 19.4. The fourth-order valence-corrected chi connectivity index (χ4v) is 4.30. The number of carbonyl (C=O) groups excluding carboxylic acids is 2. The minimum atomic E-state index is -0.353. The van der Waals surface area contributed by atoms with E-state index in [1.807, 2.05) is 41.3 Å². The number of urea groups is 1. The fraction of sp³-hybridized carbons (Fsp3) is 0.333. The number of rotatable bonds is 4. The lowest BCUT2D eigenvalue weighted by Gasteiger charge is -2.47. The number of benzene rings is 2. The van der Waals surface area contributed by atoms with Crippen LogP contribution in [0, 0.1) is 0 Å². The van der Waals surface area contributed by atoms with Gasteiger partial charge < -0.3 is 10.2 Å². The predicted octanol–water partition coefficient (Wildman–Crippen LogP) is 4.19. The first-order valence-electron chi connectivity index (χ1n) is 9.37. The molecule has 28 heavy (non-hydrogen) atoms. The molecule has 2 aliphatic heterocycles. The first-order chi connectivity index (χ1) is 13.5. The highest BCUT2D eigenvalue weighted by Gasteiger charge is 2.46. The molecule has 7 heteroatoms. The van der Waals surface area contributed by atoms with Crippen LogP contribution in [0.25, 0.3) is 0 Å². The molecule has 2 atom stereocenters. The van der Waals surface area contributed by atoms with E-state index < -0.39 is 0 Å². The van der Waals surface area contributed by atoms with Gasteiger partial charge >= 0.3 is 6.03 Å². The van der Waals surface area contributed by atoms with Gasteiger partial charge in [-0.25, -0.2) is 4.79 Å². The van der Waals surface area contributed by atoms with E-state index in [0.29, 0.717) is 11.6 Å². The number of nitrogens with zero attached hydrogens (tertiary/aromatic N) is 2. The number of amides is 3. The van der Waals surface area contributed by atoms with Crippen LogP contribution in [-0.4, -0.2) is 40.4 Å². The van der Waals surface area contributed by atoms with Gasteiger partial charge in [-0.05, 0) is 54.8 Å². The van der Waals surface area contributed by atoms with Crippen molar-refractivity contribution in [1.82, 2.24) is 15.1 Å². The fourth-order valence-electron chi connectivity index (χ4n) is 3.91. The van der Waals surface area contributed by atoms with Crippen molar-refractivity contribution in [3.8, 4) is 0 Å². The van der Waals surface area contributed by atoms with Crippen molar-refractivity contribution in [2.45, 2.75) is 38.0 Å². The van der Waals surface area contributed by atoms with E-state index in [1.165, 1.54) is 4.90 Å². The summed E-state index contributed by atoms with van der Waals surface area (Å²) in [7, 11) is 0.